The van der Waals surface area contributed by atoms with Crippen molar-refractivity contribution in [3.63, 3.8) is 0 Å². The summed E-state index contributed by atoms with van der Waals surface area (Å²) in [7, 11) is 0. The summed E-state index contributed by atoms with van der Waals surface area (Å²) in [6.45, 7) is 0. The highest BCUT2D eigenvalue weighted by Crippen LogP contribution is 2.19. The second kappa shape index (κ2) is 6.66. The molecule has 0 bridgehead atoms. The molecule has 0 aliphatic carbocycles. The molecule has 0 atom stereocenters. The molecule has 1 heterocycles. The van der Waals surface area contributed by atoms with E-state index in [1.54, 1.807) is 66.9 Å². The van der Waals surface area contributed by atoms with Gasteiger partial charge in [0.2, 0.25) is 0 Å². The normalized spacial score (nSPS) is 10.1. The summed E-state index contributed by atoms with van der Waals surface area (Å²) in [6.07, 6.45) is 3.10. The van der Waals surface area contributed by atoms with E-state index in [4.69, 9.17) is 0 Å². The van der Waals surface area contributed by atoms with E-state index >= 15 is 0 Å². The molecular weight excluding hydrogens is 288 g/mol. The van der Waals surface area contributed by atoms with Gasteiger partial charge in [0.1, 0.15) is 0 Å². The highest BCUT2D eigenvalue weighted by atomic mass is 16.2. The minimum atomic E-state index is -0.382. The lowest BCUT2D eigenvalue weighted by molar-refractivity contribution is 0.0897. The molecule has 3 rings (SSSR count). The lowest BCUT2D eigenvalue weighted by Gasteiger charge is -2.20. The first-order valence-corrected chi connectivity index (χ1v) is 7.16. The number of benzene rings is 2. The number of aromatic nitrogens is 1. The van der Waals surface area contributed by atoms with E-state index in [0.717, 1.165) is 4.90 Å². The summed E-state index contributed by atoms with van der Waals surface area (Å²) in [5.74, 6) is -0.764. The van der Waals surface area contributed by atoms with Gasteiger partial charge in [0.15, 0.2) is 0 Å². The third-order valence-corrected chi connectivity index (χ3v) is 3.35. The molecule has 2 amide bonds. The molecule has 0 N–H and O–H groups in total. The number of carbonyl (C=O) groups is 2. The fourth-order valence-corrected chi connectivity index (χ4v) is 2.23. The maximum Gasteiger partial charge on any atom is 0.265 e. The van der Waals surface area contributed by atoms with Crippen LogP contribution in [0.5, 0.6) is 0 Å². The van der Waals surface area contributed by atoms with Crippen molar-refractivity contribution in [2.75, 3.05) is 4.90 Å². The topological polar surface area (TPSA) is 50.3 Å². The van der Waals surface area contributed by atoms with E-state index in [9.17, 15) is 9.59 Å². The van der Waals surface area contributed by atoms with E-state index in [2.05, 4.69) is 4.98 Å². The lowest BCUT2D eigenvalue weighted by atomic mass is 10.1. The maximum absolute atomic E-state index is 12.8. The molecule has 0 fully saturated rings. The summed E-state index contributed by atoms with van der Waals surface area (Å²) in [5, 5.41) is 0. The Morgan fingerprint density at radius 2 is 1.22 bits per heavy atom. The third kappa shape index (κ3) is 3.16. The van der Waals surface area contributed by atoms with Crippen molar-refractivity contribution in [1.29, 1.82) is 0 Å². The molecule has 0 saturated heterocycles. The van der Waals surface area contributed by atoms with E-state index in [-0.39, 0.29) is 11.8 Å². The molecule has 112 valence electrons. The average Bonchev–Trinajstić information content (AvgIpc) is 2.64. The van der Waals surface area contributed by atoms with Crippen LogP contribution in [-0.2, 0) is 0 Å². The Morgan fingerprint density at radius 1 is 0.696 bits per heavy atom. The molecule has 1 aromatic heterocycles. The summed E-state index contributed by atoms with van der Waals surface area (Å²) < 4.78 is 0. The second-order valence-electron chi connectivity index (χ2n) is 4.89. The number of anilines is 1. The summed E-state index contributed by atoms with van der Waals surface area (Å²) in [5.41, 5.74) is 1.33. The van der Waals surface area contributed by atoms with E-state index in [1.165, 1.54) is 6.20 Å². The number of hydrogen-bond donors (Lipinski definition) is 0. The van der Waals surface area contributed by atoms with Gasteiger partial charge in [-0.25, -0.2) is 4.90 Å². The monoisotopic (exact) mass is 302 g/mol. The summed E-state index contributed by atoms with van der Waals surface area (Å²) in [4.78, 5) is 30.8. The molecule has 0 aliphatic rings. The smallest absolute Gasteiger partial charge is 0.265 e. The number of carbonyl (C=O) groups excluding carboxylic acids is 2. The van der Waals surface area contributed by atoms with Crippen LogP contribution in [0.1, 0.15) is 20.7 Å². The van der Waals surface area contributed by atoms with Gasteiger partial charge in [0.05, 0.1) is 11.9 Å². The number of pyridine rings is 1. The van der Waals surface area contributed by atoms with Crippen molar-refractivity contribution in [1.82, 2.24) is 4.98 Å². The van der Waals surface area contributed by atoms with Crippen LogP contribution in [0.4, 0.5) is 5.69 Å². The molecule has 23 heavy (non-hydrogen) atoms. The van der Waals surface area contributed by atoms with E-state index in [0.29, 0.717) is 16.8 Å². The Labute approximate surface area is 134 Å². The number of rotatable bonds is 3. The molecule has 4 nitrogen and oxygen atoms in total. The zero-order chi connectivity index (χ0) is 16.1. The standard InChI is InChI=1S/C19H14N2O2/c22-18(15-8-3-1-4-9-15)21(17-12-7-13-20-14-17)19(23)16-10-5-2-6-11-16/h1-14H. The first kappa shape index (κ1) is 14.7. The predicted octanol–water partition coefficient (Wildman–Crippen LogP) is 3.57. The van der Waals surface area contributed by atoms with Crippen molar-refractivity contribution in [2.45, 2.75) is 0 Å². The lowest BCUT2D eigenvalue weighted by Crippen LogP contribution is -2.37. The molecule has 0 saturated carbocycles. The highest BCUT2D eigenvalue weighted by Gasteiger charge is 2.25. The fourth-order valence-electron chi connectivity index (χ4n) is 2.23. The SMILES string of the molecule is O=C(c1ccccc1)N(C(=O)c1ccccc1)c1cccnc1. The van der Waals surface area contributed by atoms with Crippen molar-refractivity contribution >= 4 is 17.5 Å². The van der Waals surface area contributed by atoms with Gasteiger partial charge < -0.3 is 0 Å². The number of hydrogen-bond acceptors (Lipinski definition) is 3. The van der Waals surface area contributed by atoms with Crippen LogP contribution >= 0.6 is 0 Å². The van der Waals surface area contributed by atoms with Crippen molar-refractivity contribution < 1.29 is 9.59 Å². The zero-order valence-corrected chi connectivity index (χ0v) is 12.3. The van der Waals surface area contributed by atoms with Crippen molar-refractivity contribution in [3.05, 3.63) is 96.3 Å². The van der Waals surface area contributed by atoms with Gasteiger partial charge in [-0.3, -0.25) is 14.6 Å². The fraction of sp³-hybridized carbons (Fsp3) is 0. The molecule has 0 aliphatic heterocycles. The summed E-state index contributed by atoms with van der Waals surface area (Å²) in [6, 6.07) is 20.8. The van der Waals surface area contributed by atoms with Crippen LogP contribution in [-0.4, -0.2) is 16.8 Å². The van der Waals surface area contributed by atoms with Crippen LogP contribution in [0.25, 0.3) is 0 Å². The third-order valence-electron chi connectivity index (χ3n) is 3.35. The number of imide groups is 1. The van der Waals surface area contributed by atoms with E-state index in [1.807, 2.05) is 12.1 Å². The van der Waals surface area contributed by atoms with Crippen molar-refractivity contribution in [2.24, 2.45) is 0 Å². The van der Waals surface area contributed by atoms with Gasteiger partial charge in [-0.1, -0.05) is 36.4 Å². The van der Waals surface area contributed by atoms with Crippen LogP contribution in [0.15, 0.2) is 85.2 Å². The highest BCUT2D eigenvalue weighted by molar-refractivity contribution is 6.25. The minimum Gasteiger partial charge on any atom is -0.268 e. The first-order valence-electron chi connectivity index (χ1n) is 7.16. The van der Waals surface area contributed by atoms with Crippen LogP contribution in [0.3, 0.4) is 0 Å². The van der Waals surface area contributed by atoms with Crippen LogP contribution in [0.2, 0.25) is 0 Å². The average molecular weight is 302 g/mol. The Hall–Kier alpha value is -3.27. The Balaban J connectivity index is 2.05. The second-order valence-corrected chi connectivity index (χ2v) is 4.89. The molecule has 0 unspecified atom stereocenters. The number of nitrogens with zero attached hydrogens (tertiary/aromatic N) is 2. The molecule has 2 aromatic carbocycles. The molecule has 3 aromatic rings. The largest absolute Gasteiger partial charge is 0.268 e. The first-order chi connectivity index (χ1) is 11.3. The van der Waals surface area contributed by atoms with Gasteiger partial charge in [-0.15, -0.1) is 0 Å². The number of amides is 2. The minimum absolute atomic E-state index is 0.382. The quantitative estimate of drug-likeness (QED) is 0.695. The van der Waals surface area contributed by atoms with Gasteiger partial charge in [0, 0.05) is 17.3 Å². The van der Waals surface area contributed by atoms with Crippen LogP contribution < -0.4 is 4.90 Å². The predicted molar refractivity (Wildman–Crippen MR) is 88.3 cm³/mol. The summed E-state index contributed by atoms with van der Waals surface area (Å²) >= 11 is 0. The Kier molecular flexibility index (Phi) is 4.25. The molecular formula is C19H14N2O2. The molecule has 4 heteroatoms. The van der Waals surface area contributed by atoms with Crippen LogP contribution in [0, 0.1) is 0 Å². The van der Waals surface area contributed by atoms with Gasteiger partial charge >= 0.3 is 0 Å². The van der Waals surface area contributed by atoms with Crippen molar-refractivity contribution in [3.8, 4) is 0 Å². The molecule has 0 spiro atoms. The zero-order valence-electron chi connectivity index (χ0n) is 12.3. The maximum atomic E-state index is 12.8. The van der Waals surface area contributed by atoms with Gasteiger partial charge in [0.25, 0.3) is 11.8 Å². The molecule has 0 radical (unpaired) electrons. The van der Waals surface area contributed by atoms with Gasteiger partial charge in [-0.05, 0) is 36.4 Å². The van der Waals surface area contributed by atoms with E-state index < -0.39 is 0 Å². The Morgan fingerprint density at radius 3 is 1.65 bits per heavy atom. The Bertz CT molecular complexity index is 751. The van der Waals surface area contributed by atoms with Gasteiger partial charge in [-0.2, -0.15) is 0 Å².